The number of anilines is 1. The summed E-state index contributed by atoms with van der Waals surface area (Å²) in [5.74, 6) is 4.21. The van der Waals surface area contributed by atoms with Crippen molar-refractivity contribution >= 4 is 69.2 Å². The van der Waals surface area contributed by atoms with E-state index in [1.807, 2.05) is 98.8 Å². The second-order valence-electron chi connectivity index (χ2n) is 29.7. The summed E-state index contributed by atoms with van der Waals surface area (Å²) in [5.41, 5.74) is 23.9. The van der Waals surface area contributed by atoms with Crippen LogP contribution in [0.4, 0.5) is 5.82 Å². The number of aliphatic carboxylic acids is 1. The van der Waals surface area contributed by atoms with Gasteiger partial charge < -0.3 is 38.9 Å². The minimum absolute atomic E-state index is 0.0295. The maximum absolute atomic E-state index is 12.8. The zero-order valence-electron chi connectivity index (χ0n) is 67.1. The number of hydrogen-bond donors (Lipinski definition) is 3. The van der Waals surface area contributed by atoms with Crippen LogP contribution in [0, 0.1) is 59.6 Å². The average Bonchev–Trinajstić information content (AvgIpc) is 1.58. The Bertz CT molecular complexity index is 4940. The molecule has 1 saturated heterocycles. The van der Waals surface area contributed by atoms with Crippen LogP contribution in [0.25, 0.3) is 49.5 Å². The zero-order valence-corrected chi connectivity index (χ0v) is 67.1. The summed E-state index contributed by atoms with van der Waals surface area (Å²) in [5, 5.41) is 24.5. The van der Waals surface area contributed by atoms with E-state index < -0.39 is 11.9 Å². The SMILES string of the molecule is CCCC(C(=O)O)c1c(C)nc2nc3n(c2c1-c1ccc(C)cc1)CCCC3.CCCC(C(=O)OC)c1c(C)nc2nc3n(c2c1-c1ccc(C)cc1)CCCC3.COC1=NCCCC1.Cc1ccc(C(=O)c2c(N)nc3n2CCCC3)cc1.N#CNC1=NCCCC1.[C-]#[N+]/N=C1\CCCCN1CC(=O)c1ccc(C)cc1. The fourth-order valence-corrected chi connectivity index (χ4v) is 15.5. The van der Waals surface area contributed by atoms with Gasteiger partial charge in [-0.2, -0.15) is 11.8 Å². The Morgan fingerprint density at radius 2 is 1.03 bits per heavy atom. The number of carboxylic acid groups (broad SMARTS) is 1. The summed E-state index contributed by atoms with van der Waals surface area (Å²) < 4.78 is 16.7. The summed E-state index contributed by atoms with van der Waals surface area (Å²) >= 11 is 0. The Kier molecular flexibility index (Phi) is 30.2. The van der Waals surface area contributed by atoms with Gasteiger partial charge in [-0.15, -0.1) is 4.95 Å². The molecule has 2 unspecified atom stereocenters. The van der Waals surface area contributed by atoms with Gasteiger partial charge in [0.1, 0.15) is 34.1 Å². The number of nitrogen functional groups attached to an aromatic ring is 1. The first kappa shape index (κ1) is 83.3. The molecule has 0 bridgehead atoms. The van der Waals surface area contributed by atoms with Crippen LogP contribution in [0.2, 0.25) is 0 Å². The van der Waals surface area contributed by atoms with E-state index in [-0.39, 0.29) is 23.5 Å². The highest BCUT2D eigenvalue weighted by Gasteiger charge is 2.33. The molecule has 6 aliphatic heterocycles. The quantitative estimate of drug-likeness (QED) is 0.0215. The number of nitrogens with two attached hydrogens (primary N) is 1. The van der Waals surface area contributed by atoms with Crippen LogP contribution >= 0.6 is 0 Å². The normalized spacial score (nSPS) is 15.7. The molecule has 4 N–H and O–H groups in total. The third-order valence-electron chi connectivity index (χ3n) is 21.4. The standard InChI is InChI=1S/C24H29N3O2.C23H27N3O2.2C15H17N3O.C6H9N3.C6H11NO/c1-5-8-18(24(28)29-4)20-16(3)25-23-22(27-14-7-6-9-19(27)26-23)21(20)17-12-10-15(2)11-13-17;1-4-7-17(23(27)28)19-15(3)24-22-21(26-13-6-5-8-18(26)25-22)20(19)16-11-9-14(2)10-12-16;1-10-5-7-11(8-6-10)14(19)13-15(16)17-12-4-2-3-9-18(12)13;1-12-6-8-13(9-7-12)14(19)11-18-10-4-3-5-15(18)17-16-2;7-5-9-6-3-1-2-4-8-6;1-8-6-4-2-3-5-7-6/h10-13,18H,5-9,14H2,1-4H3;9-12,17H,4-8,13H2,1-3H3,(H,27,28);5-8H,2-4,9,16H2,1H3;6-9H,3-5,10-11H2,1H3;1-4H2,(H,8,9);2-5H2,1H3/b;;;17-15+;;. The van der Waals surface area contributed by atoms with Crippen molar-refractivity contribution in [3.63, 3.8) is 0 Å². The van der Waals surface area contributed by atoms with Gasteiger partial charge in [0.05, 0.1) is 43.6 Å². The van der Waals surface area contributed by atoms with E-state index in [1.165, 1.54) is 31.1 Å². The number of ether oxygens (including phenoxy) is 2. The van der Waals surface area contributed by atoms with Crippen molar-refractivity contribution in [1.29, 1.82) is 5.26 Å². The maximum Gasteiger partial charge on any atom is 0.313 e. The third-order valence-corrected chi connectivity index (χ3v) is 21.4. The number of rotatable bonds is 15. The molecule has 0 amide bonds. The number of fused-ring (bicyclic) bond motifs is 7. The van der Waals surface area contributed by atoms with Gasteiger partial charge in [-0.1, -0.05) is 146 Å². The van der Waals surface area contributed by atoms with E-state index in [9.17, 15) is 24.3 Å². The Balaban J connectivity index is 0.000000150. The predicted octanol–water partition coefficient (Wildman–Crippen LogP) is 17.2. The van der Waals surface area contributed by atoms with E-state index in [4.69, 9.17) is 47.0 Å². The molecule has 11 heterocycles. The molecule has 0 spiro atoms. The van der Waals surface area contributed by atoms with Gasteiger partial charge in [0.2, 0.25) is 5.78 Å². The fourth-order valence-electron chi connectivity index (χ4n) is 15.5. The highest BCUT2D eigenvalue weighted by Crippen LogP contribution is 2.43. The van der Waals surface area contributed by atoms with Crippen LogP contribution in [0.3, 0.4) is 0 Å². The van der Waals surface area contributed by atoms with Crippen LogP contribution in [0.5, 0.6) is 0 Å². The molecule has 112 heavy (non-hydrogen) atoms. The summed E-state index contributed by atoms with van der Waals surface area (Å²) in [6.07, 6.45) is 24.2. The molecule has 1 fully saturated rings. The molecule has 23 heteroatoms. The highest BCUT2D eigenvalue weighted by atomic mass is 16.5. The Morgan fingerprint density at radius 1 is 0.571 bits per heavy atom. The van der Waals surface area contributed by atoms with E-state index in [2.05, 4.69) is 109 Å². The number of imidazole rings is 3. The summed E-state index contributed by atoms with van der Waals surface area (Å²) in [6.45, 7) is 28.7. The van der Waals surface area contributed by atoms with Crippen molar-refractivity contribution in [3.05, 3.63) is 188 Å². The Morgan fingerprint density at radius 3 is 1.48 bits per heavy atom. The highest BCUT2D eigenvalue weighted by molar-refractivity contribution is 6.11. The fraction of sp³-hybridized carbons (Fsp3) is 0.461. The van der Waals surface area contributed by atoms with Gasteiger partial charge in [0.15, 0.2) is 40.8 Å². The predicted molar refractivity (Wildman–Crippen MR) is 443 cm³/mol. The molecule has 4 aromatic carbocycles. The number of aromatic nitrogens is 8. The number of methoxy groups -OCH3 is 2. The van der Waals surface area contributed by atoms with Crippen LogP contribution < -0.4 is 11.1 Å². The lowest BCUT2D eigenvalue weighted by Gasteiger charge is -2.27. The van der Waals surface area contributed by atoms with Gasteiger partial charge in [-0.05, 0) is 154 Å². The number of benzene rings is 4. The summed E-state index contributed by atoms with van der Waals surface area (Å²) in [7, 11) is 3.16. The van der Waals surface area contributed by atoms with E-state index in [0.29, 0.717) is 30.0 Å². The topological polar surface area (TPSA) is 293 Å². The van der Waals surface area contributed by atoms with Crippen LogP contribution in [0.15, 0.2) is 112 Å². The maximum atomic E-state index is 12.8. The Labute approximate surface area is 659 Å². The number of carboxylic acids is 1. The van der Waals surface area contributed by atoms with Gasteiger partial charge >= 0.3 is 11.9 Å². The third kappa shape index (κ3) is 20.9. The number of aliphatic imine (C=N–C) groups is 2. The van der Waals surface area contributed by atoms with Crippen molar-refractivity contribution in [1.82, 2.24) is 48.8 Å². The first-order valence-electron chi connectivity index (χ1n) is 40.0. The smallest absolute Gasteiger partial charge is 0.313 e. The van der Waals surface area contributed by atoms with E-state index in [1.54, 1.807) is 7.11 Å². The molecule has 6 aliphatic rings. The Hall–Kier alpha value is -11.2. The number of piperidine rings is 1. The number of carbonyl (C=O) groups excluding carboxylic acids is 3. The molecule has 0 saturated carbocycles. The molecule has 5 aromatic heterocycles. The number of hydrogen-bond acceptors (Lipinski definition) is 17. The number of amidine groups is 2. The average molecular weight is 1520 g/mol. The molecule has 23 nitrogen and oxygen atoms in total. The first-order valence-corrected chi connectivity index (χ1v) is 40.0. The number of Topliss-reactive ketones (excluding diaryl/α,β-unsaturated/α-hetero) is 1. The summed E-state index contributed by atoms with van der Waals surface area (Å²) in [6, 6.07) is 32.1. The molecule has 0 radical (unpaired) electrons. The molecule has 9 aromatic rings. The van der Waals surface area contributed by atoms with E-state index >= 15 is 0 Å². The minimum atomic E-state index is -0.780. The molecule has 15 rings (SSSR count). The van der Waals surface area contributed by atoms with E-state index in [0.717, 1.165) is 280 Å². The van der Waals surface area contributed by atoms with Gasteiger partial charge in [0.25, 0.3) is 0 Å². The molecule has 2 atom stereocenters. The number of ketones is 2. The number of nitrogens with zero attached hydrogens (tertiary/aromatic N) is 14. The lowest BCUT2D eigenvalue weighted by molar-refractivity contribution is -0.142. The number of nitriles is 1. The molecule has 588 valence electrons. The zero-order chi connectivity index (χ0) is 79.8. The van der Waals surface area contributed by atoms with Crippen LogP contribution in [-0.2, 0) is 58.0 Å². The lowest BCUT2D eigenvalue weighted by Crippen LogP contribution is -2.39. The lowest BCUT2D eigenvalue weighted by atomic mass is 9.86. The second kappa shape index (κ2) is 40.7. The monoisotopic (exact) mass is 1510 g/mol. The number of likely N-dealkylation sites (tertiary alicyclic amines) is 1. The van der Waals surface area contributed by atoms with Crippen molar-refractivity contribution < 1.29 is 33.8 Å². The van der Waals surface area contributed by atoms with Gasteiger partial charge in [-0.25, -0.2) is 24.9 Å². The van der Waals surface area contributed by atoms with Crippen molar-refractivity contribution in [2.24, 2.45) is 15.1 Å². The first-order chi connectivity index (χ1) is 54.3. The number of esters is 1. The number of carbonyl (C=O) groups is 4. The van der Waals surface area contributed by atoms with Crippen LogP contribution in [-0.4, -0.2) is 130 Å². The van der Waals surface area contributed by atoms with Crippen molar-refractivity contribution in [2.45, 2.75) is 228 Å². The number of pyridine rings is 2. The number of nitrogens with one attached hydrogen (secondary N) is 1. The second-order valence-corrected chi connectivity index (χ2v) is 29.7. The molecule has 0 aliphatic carbocycles. The number of aryl methyl sites for hydroxylation is 11. The van der Waals surface area contributed by atoms with Crippen LogP contribution in [0.1, 0.15) is 236 Å². The molecular formula is C89H110N16O7. The molecular weight excluding hydrogens is 1410 g/mol. The van der Waals surface area contributed by atoms with Crippen molar-refractivity contribution in [3.8, 4) is 28.4 Å². The largest absolute Gasteiger partial charge is 0.484 e. The minimum Gasteiger partial charge on any atom is -0.484 e. The summed E-state index contributed by atoms with van der Waals surface area (Å²) in [4.78, 5) is 86.7. The van der Waals surface area contributed by atoms with Crippen molar-refractivity contribution in [2.75, 3.05) is 46.1 Å². The van der Waals surface area contributed by atoms with Gasteiger partial charge in [0, 0.05) is 111 Å². The van der Waals surface area contributed by atoms with Gasteiger partial charge in [-0.3, -0.25) is 34.5 Å².